The van der Waals surface area contributed by atoms with E-state index in [-0.39, 0.29) is 36.8 Å². The minimum Gasteiger partial charge on any atom is -0.486 e. The Morgan fingerprint density at radius 3 is 2.33 bits per heavy atom. The van der Waals surface area contributed by atoms with E-state index in [4.69, 9.17) is 12.6 Å². The van der Waals surface area contributed by atoms with Crippen molar-refractivity contribution >= 4 is 22.1 Å². The third-order valence-electron chi connectivity index (χ3n) is 7.65. The number of benzene rings is 3. The molecule has 7 aromatic rings. The Kier molecular flexibility index (Phi) is 8.01. The average Bonchev–Trinajstić information content (AvgIpc) is 3.49. The summed E-state index contributed by atoms with van der Waals surface area (Å²) in [5.41, 5.74) is 8.27. The fourth-order valence-electron chi connectivity index (χ4n) is 5.14. The Morgan fingerprint density at radius 2 is 1.61 bits per heavy atom. The Balaban J connectivity index is 0.000000258. The Hall–Kier alpha value is -4.44. The number of hydrogen-bond acceptors (Lipinski definition) is 4. The van der Waals surface area contributed by atoms with Gasteiger partial charge in [0.2, 0.25) is 5.71 Å². The van der Waals surface area contributed by atoms with Gasteiger partial charge in [-0.15, -0.1) is 54.1 Å². The summed E-state index contributed by atoms with van der Waals surface area (Å²) in [6.45, 7) is 2.30. The van der Waals surface area contributed by atoms with Gasteiger partial charge in [-0.25, -0.2) is 4.98 Å². The molecule has 5 heteroatoms. The van der Waals surface area contributed by atoms with E-state index in [1.54, 1.807) is 24.3 Å². The van der Waals surface area contributed by atoms with E-state index in [0.717, 1.165) is 46.1 Å². The van der Waals surface area contributed by atoms with Crippen molar-refractivity contribution in [2.75, 3.05) is 0 Å². The molecule has 0 N–H and O–H groups in total. The molecule has 4 aromatic heterocycles. The Bertz CT molecular complexity index is 2260. The molecular weight excluding hydrogens is 743 g/mol. The first-order chi connectivity index (χ1) is 24.2. The quantitative estimate of drug-likeness (QED) is 0.163. The zero-order valence-corrected chi connectivity index (χ0v) is 28.3. The zero-order valence-electron chi connectivity index (χ0n) is 31.9. The van der Waals surface area contributed by atoms with Crippen LogP contribution in [-0.2, 0) is 38.4 Å². The number of fused-ring (bicyclic) bond motifs is 3. The normalized spacial score (nSPS) is 13.6. The molecule has 0 bridgehead atoms. The largest absolute Gasteiger partial charge is 0.486 e. The summed E-state index contributed by atoms with van der Waals surface area (Å²) in [6, 6.07) is 37.1. The van der Waals surface area contributed by atoms with Gasteiger partial charge in [0, 0.05) is 51.8 Å². The molecule has 0 spiro atoms. The van der Waals surface area contributed by atoms with Crippen molar-refractivity contribution in [1.29, 1.82) is 0 Å². The van der Waals surface area contributed by atoms with Crippen molar-refractivity contribution in [3.05, 3.63) is 150 Å². The van der Waals surface area contributed by atoms with Gasteiger partial charge in [0.25, 0.3) is 0 Å². The van der Waals surface area contributed by atoms with Crippen LogP contribution >= 0.6 is 0 Å². The predicted molar refractivity (Wildman–Crippen MR) is 184 cm³/mol. The van der Waals surface area contributed by atoms with E-state index in [9.17, 15) is 0 Å². The second-order valence-corrected chi connectivity index (χ2v) is 12.0. The summed E-state index contributed by atoms with van der Waals surface area (Å²) in [6.07, 6.45) is 5.04. The summed E-state index contributed by atoms with van der Waals surface area (Å²) in [5.74, 6) is 0. The van der Waals surface area contributed by atoms with E-state index in [0.29, 0.717) is 11.3 Å². The fourth-order valence-corrected chi connectivity index (χ4v) is 5.14. The predicted octanol–water partition coefficient (Wildman–Crippen LogP) is 10.1. The number of hydrogen-bond donors (Lipinski definition) is 0. The topological polar surface area (TPSA) is 51.8 Å². The van der Waals surface area contributed by atoms with Crippen molar-refractivity contribution in [1.82, 2.24) is 15.0 Å². The first kappa shape index (κ1) is 25.7. The smallest absolute Gasteiger partial charge is 0.216 e. The molecular formula is C41H37IrN3O-2. The summed E-state index contributed by atoms with van der Waals surface area (Å²) < 4.78 is 50.7. The minimum atomic E-state index is -2.29. The van der Waals surface area contributed by atoms with Crippen LogP contribution in [0.25, 0.3) is 44.6 Å². The van der Waals surface area contributed by atoms with Crippen LogP contribution in [0.4, 0.5) is 0 Å². The molecule has 4 nitrogen and oxygen atoms in total. The Labute approximate surface area is 293 Å². The molecule has 3 aromatic carbocycles. The first-order valence-corrected chi connectivity index (χ1v) is 14.9. The van der Waals surface area contributed by atoms with Gasteiger partial charge < -0.3 is 14.4 Å². The zero-order chi connectivity index (χ0) is 36.4. The van der Waals surface area contributed by atoms with Crippen LogP contribution in [-0.4, -0.2) is 15.0 Å². The van der Waals surface area contributed by atoms with Gasteiger partial charge in [-0.2, -0.15) is 0 Å². The van der Waals surface area contributed by atoms with Crippen LogP contribution in [0.15, 0.2) is 114 Å². The molecule has 0 amide bonds. The SMILES string of the molecule is [2H]C([2H])([2H])c1ccc(-c2[c-]cccc2)nc1.[2H]C([2H])([2H])c1ccc2c(n1)oc1c(-c3cc(CCc4ccc(C(C)(C)C)cc4)ccn3)[c-]ccc12.[Ir]. The molecule has 7 rings (SSSR count). The van der Waals surface area contributed by atoms with E-state index in [2.05, 4.69) is 78.2 Å². The molecule has 0 atom stereocenters. The van der Waals surface area contributed by atoms with Crippen LogP contribution in [0.1, 0.15) is 56.9 Å². The molecule has 0 aliphatic carbocycles. The molecule has 1 radical (unpaired) electrons. The van der Waals surface area contributed by atoms with Crippen molar-refractivity contribution < 1.29 is 32.7 Å². The third kappa shape index (κ3) is 7.67. The summed E-state index contributed by atoms with van der Waals surface area (Å²) in [7, 11) is 0. The minimum absolute atomic E-state index is 0. The number of rotatable bonds is 5. The monoisotopic (exact) mass is 786 g/mol. The molecule has 46 heavy (non-hydrogen) atoms. The Morgan fingerprint density at radius 1 is 0.761 bits per heavy atom. The molecule has 0 aliphatic rings. The van der Waals surface area contributed by atoms with Crippen molar-refractivity contribution in [2.45, 2.75) is 52.7 Å². The molecule has 4 heterocycles. The maximum Gasteiger partial charge on any atom is 0.216 e. The number of nitrogens with zero attached hydrogens (tertiary/aromatic N) is 3. The van der Waals surface area contributed by atoms with Crippen molar-refractivity contribution in [2.24, 2.45) is 0 Å². The van der Waals surface area contributed by atoms with Gasteiger partial charge in [0.15, 0.2) is 0 Å². The van der Waals surface area contributed by atoms with Crippen molar-refractivity contribution in [3.8, 4) is 22.5 Å². The van der Waals surface area contributed by atoms with Gasteiger partial charge >= 0.3 is 0 Å². The van der Waals surface area contributed by atoms with Crippen molar-refractivity contribution in [3.63, 3.8) is 0 Å². The van der Waals surface area contributed by atoms with Gasteiger partial charge in [-0.1, -0.05) is 79.7 Å². The fraction of sp³-hybridized carbons (Fsp3) is 0.195. The van der Waals surface area contributed by atoms with E-state index < -0.39 is 13.7 Å². The molecule has 0 saturated heterocycles. The summed E-state index contributed by atoms with van der Waals surface area (Å²) >= 11 is 0. The maximum absolute atomic E-state index is 7.64. The van der Waals surface area contributed by atoms with Crippen LogP contribution in [0.2, 0.25) is 0 Å². The molecule has 233 valence electrons. The average molecular weight is 786 g/mol. The van der Waals surface area contributed by atoms with Crippen LogP contribution in [0.3, 0.4) is 0 Å². The van der Waals surface area contributed by atoms with Gasteiger partial charge in [-0.3, -0.25) is 0 Å². The molecule has 0 fully saturated rings. The first-order valence-electron chi connectivity index (χ1n) is 17.9. The van der Waals surface area contributed by atoms with Gasteiger partial charge in [0.05, 0.1) is 5.58 Å². The second kappa shape index (κ2) is 14.3. The van der Waals surface area contributed by atoms with Crippen LogP contribution in [0, 0.1) is 25.8 Å². The van der Waals surface area contributed by atoms with E-state index >= 15 is 0 Å². The third-order valence-corrected chi connectivity index (χ3v) is 7.65. The second-order valence-electron chi connectivity index (χ2n) is 12.0. The summed E-state index contributed by atoms with van der Waals surface area (Å²) in [5, 5.41) is 1.64. The number of aryl methyl sites for hydroxylation is 4. The molecule has 0 unspecified atom stereocenters. The van der Waals surface area contributed by atoms with E-state index in [1.165, 1.54) is 29.0 Å². The van der Waals surface area contributed by atoms with Gasteiger partial charge in [-0.05, 0) is 78.2 Å². The summed E-state index contributed by atoms with van der Waals surface area (Å²) in [4.78, 5) is 13.0. The maximum atomic E-state index is 7.64. The number of furan rings is 1. The molecule has 0 saturated carbocycles. The van der Waals surface area contributed by atoms with Gasteiger partial charge in [0.1, 0.15) is 0 Å². The standard InChI is InChI=1S/C29H27N2O.C12H10N.Ir/c1-19-8-15-24-23-6-5-7-25(27(23)32-28(24)31-19)26-18-21(16-17-30-26)10-9-20-11-13-22(14-12-20)29(2,3)4;1-10-7-8-12(13-9-10)11-5-3-2-4-6-11;/h5-6,8,11-18H,9-10H2,1-4H3;2-5,7-9H,1H3;/q2*-1;/i2*1D3;. The molecule has 0 aliphatic heterocycles. The number of aromatic nitrogens is 3. The van der Waals surface area contributed by atoms with E-state index in [1.807, 2.05) is 42.6 Å². The number of pyridine rings is 3. The van der Waals surface area contributed by atoms with Crippen LogP contribution < -0.4 is 0 Å². The van der Waals surface area contributed by atoms with Crippen LogP contribution in [0.5, 0.6) is 0 Å².